The van der Waals surface area contributed by atoms with E-state index in [1.165, 1.54) is 0 Å². The van der Waals surface area contributed by atoms with Crippen LogP contribution in [0, 0.1) is 0 Å². The Morgan fingerprint density at radius 1 is 1.53 bits per heavy atom. The van der Waals surface area contributed by atoms with Crippen molar-refractivity contribution in [2.45, 2.75) is 41.4 Å². The fourth-order valence-electron chi connectivity index (χ4n) is 2.45. The number of aliphatic carboxylic acids is 1. The van der Waals surface area contributed by atoms with Crippen LogP contribution in [0.1, 0.15) is 25.7 Å². The second kappa shape index (κ2) is 5.84. The number of ether oxygens (including phenoxy) is 1. The monoisotopic (exact) mass is 281 g/mol. The molecule has 2 unspecified atom stereocenters. The minimum Gasteiger partial charge on any atom is -0.496 e. The van der Waals surface area contributed by atoms with Gasteiger partial charge in [-0.15, -0.1) is 11.8 Å². The van der Waals surface area contributed by atoms with Gasteiger partial charge < -0.3 is 15.6 Å². The van der Waals surface area contributed by atoms with Gasteiger partial charge in [-0.25, -0.2) is 0 Å². The molecule has 5 heteroatoms. The minimum absolute atomic E-state index is 0.228. The molecule has 19 heavy (non-hydrogen) atoms. The van der Waals surface area contributed by atoms with E-state index in [0.29, 0.717) is 12.8 Å². The molecule has 2 atom stereocenters. The molecule has 0 saturated heterocycles. The summed E-state index contributed by atoms with van der Waals surface area (Å²) in [6.07, 6.45) is 2.92. The topological polar surface area (TPSA) is 72.5 Å². The molecule has 0 spiro atoms. The van der Waals surface area contributed by atoms with E-state index in [1.807, 2.05) is 24.3 Å². The second-order valence-electron chi connectivity index (χ2n) is 4.95. The SMILES string of the molecule is COc1ccccc1SC1CCCC(N)(C(=O)O)C1. The summed E-state index contributed by atoms with van der Waals surface area (Å²) in [6.45, 7) is 0. The van der Waals surface area contributed by atoms with Crippen LogP contribution >= 0.6 is 11.8 Å². The maximum atomic E-state index is 11.2. The zero-order valence-corrected chi connectivity index (χ0v) is 11.8. The maximum absolute atomic E-state index is 11.2. The largest absolute Gasteiger partial charge is 0.496 e. The smallest absolute Gasteiger partial charge is 0.323 e. The van der Waals surface area contributed by atoms with Crippen LogP contribution in [-0.2, 0) is 4.79 Å². The molecule has 0 radical (unpaired) electrons. The van der Waals surface area contributed by atoms with E-state index in [4.69, 9.17) is 10.5 Å². The number of para-hydroxylation sites is 1. The third-order valence-corrected chi connectivity index (χ3v) is 4.86. The molecule has 1 aromatic carbocycles. The van der Waals surface area contributed by atoms with Gasteiger partial charge in [0.05, 0.1) is 7.11 Å². The Hall–Kier alpha value is -1.20. The summed E-state index contributed by atoms with van der Waals surface area (Å²) < 4.78 is 5.32. The average molecular weight is 281 g/mol. The number of methoxy groups -OCH3 is 1. The highest BCUT2D eigenvalue weighted by Crippen LogP contribution is 2.40. The fourth-order valence-corrected chi connectivity index (χ4v) is 3.90. The predicted octanol–water partition coefficient (Wildman–Crippen LogP) is 2.51. The normalized spacial score (nSPS) is 26.9. The molecule has 0 aromatic heterocycles. The Bertz CT molecular complexity index is 466. The second-order valence-corrected chi connectivity index (χ2v) is 6.29. The fraction of sp³-hybridized carbons (Fsp3) is 0.500. The molecule has 0 amide bonds. The summed E-state index contributed by atoms with van der Waals surface area (Å²) in [5.41, 5.74) is 4.90. The molecule has 0 aliphatic heterocycles. The molecule has 1 aliphatic rings. The van der Waals surface area contributed by atoms with Gasteiger partial charge in [0.15, 0.2) is 0 Å². The van der Waals surface area contributed by atoms with E-state index in [0.717, 1.165) is 23.5 Å². The Balaban J connectivity index is 2.09. The van der Waals surface area contributed by atoms with Crippen molar-refractivity contribution < 1.29 is 14.6 Å². The summed E-state index contributed by atoms with van der Waals surface area (Å²) in [7, 11) is 1.64. The molecule has 1 fully saturated rings. The van der Waals surface area contributed by atoms with Crippen molar-refractivity contribution in [2.75, 3.05) is 7.11 Å². The van der Waals surface area contributed by atoms with E-state index in [2.05, 4.69) is 0 Å². The average Bonchev–Trinajstić information content (AvgIpc) is 2.39. The van der Waals surface area contributed by atoms with Crippen molar-refractivity contribution >= 4 is 17.7 Å². The van der Waals surface area contributed by atoms with Gasteiger partial charge in [-0.3, -0.25) is 4.79 Å². The Morgan fingerprint density at radius 3 is 2.95 bits per heavy atom. The number of hydrogen-bond donors (Lipinski definition) is 2. The lowest BCUT2D eigenvalue weighted by Crippen LogP contribution is -2.51. The third-order valence-electron chi connectivity index (χ3n) is 3.53. The molecule has 2 rings (SSSR count). The maximum Gasteiger partial charge on any atom is 0.323 e. The van der Waals surface area contributed by atoms with Crippen LogP contribution in [0.25, 0.3) is 0 Å². The zero-order chi connectivity index (χ0) is 13.9. The van der Waals surface area contributed by atoms with Crippen molar-refractivity contribution in [3.8, 4) is 5.75 Å². The van der Waals surface area contributed by atoms with E-state index in [-0.39, 0.29) is 5.25 Å². The molecule has 0 heterocycles. The van der Waals surface area contributed by atoms with Gasteiger partial charge in [0, 0.05) is 10.1 Å². The standard InChI is InChI=1S/C14H19NO3S/c1-18-11-6-2-3-7-12(11)19-10-5-4-8-14(15,9-10)13(16)17/h2-3,6-7,10H,4-5,8-9,15H2,1H3,(H,16,17). The Morgan fingerprint density at radius 2 is 2.26 bits per heavy atom. The van der Waals surface area contributed by atoms with Gasteiger partial charge in [0.25, 0.3) is 0 Å². The first-order valence-electron chi connectivity index (χ1n) is 6.37. The number of thioether (sulfide) groups is 1. The number of rotatable bonds is 4. The van der Waals surface area contributed by atoms with E-state index >= 15 is 0 Å². The lowest BCUT2D eigenvalue weighted by atomic mass is 9.82. The van der Waals surface area contributed by atoms with Gasteiger partial charge in [-0.2, -0.15) is 0 Å². The van der Waals surface area contributed by atoms with Crippen LogP contribution in [0.5, 0.6) is 5.75 Å². The lowest BCUT2D eigenvalue weighted by molar-refractivity contribution is -0.144. The molecular weight excluding hydrogens is 262 g/mol. The van der Waals surface area contributed by atoms with Crippen molar-refractivity contribution in [2.24, 2.45) is 5.73 Å². The summed E-state index contributed by atoms with van der Waals surface area (Å²) in [4.78, 5) is 12.3. The number of carbonyl (C=O) groups is 1. The summed E-state index contributed by atoms with van der Waals surface area (Å²) >= 11 is 1.67. The van der Waals surface area contributed by atoms with Crippen LogP contribution in [-0.4, -0.2) is 29.0 Å². The predicted molar refractivity (Wildman–Crippen MR) is 75.7 cm³/mol. The van der Waals surface area contributed by atoms with Gasteiger partial charge in [-0.05, 0) is 37.8 Å². The van der Waals surface area contributed by atoms with Gasteiger partial charge >= 0.3 is 5.97 Å². The first-order valence-corrected chi connectivity index (χ1v) is 7.25. The highest BCUT2D eigenvalue weighted by molar-refractivity contribution is 8.00. The lowest BCUT2D eigenvalue weighted by Gasteiger charge is -2.34. The quantitative estimate of drug-likeness (QED) is 0.887. The Labute approximate surface area is 117 Å². The molecule has 3 N–H and O–H groups in total. The van der Waals surface area contributed by atoms with E-state index in [9.17, 15) is 9.90 Å². The number of hydrogen-bond acceptors (Lipinski definition) is 4. The summed E-state index contributed by atoms with van der Waals surface area (Å²) in [6, 6.07) is 7.80. The first kappa shape index (κ1) is 14.2. The van der Waals surface area contributed by atoms with Gasteiger partial charge in [0.1, 0.15) is 11.3 Å². The zero-order valence-electron chi connectivity index (χ0n) is 11.0. The highest BCUT2D eigenvalue weighted by Gasteiger charge is 2.39. The van der Waals surface area contributed by atoms with Crippen LogP contribution in [0.4, 0.5) is 0 Å². The molecule has 1 saturated carbocycles. The minimum atomic E-state index is -1.07. The number of carboxylic acid groups (broad SMARTS) is 1. The van der Waals surface area contributed by atoms with Crippen molar-refractivity contribution in [3.05, 3.63) is 24.3 Å². The first-order chi connectivity index (χ1) is 9.05. The molecule has 4 nitrogen and oxygen atoms in total. The van der Waals surface area contributed by atoms with Crippen LogP contribution in [0.3, 0.4) is 0 Å². The third kappa shape index (κ3) is 3.22. The van der Waals surface area contributed by atoms with E-state index in [1.54, 1.807) is 18.9 Å². The molecule has 1 aromatic rings. The summed E-state index contributed by atoms with van der Waals surface area (Å²) in [5.74, 6) is -0.0613. The van der Waals surface area contributed by atoms with Crippen molar-refractivity contribution in [3.63, 3.8) is 0 Å². The Kier molecular flexibility index (Phi) is 4.37. The van der Waals surface area contributed by atoms with Crippen molar-refractivity contribution in [1.82, 2.24) is 0 Å². The highest BCUT2D eigenvalue weighted by atomic mass is 32.2. The molecule has 0 bridgehead atoms. The van der Waals surface area contributed by atoms with Gasteiger partial charge in [-0.1, -0.05) is 12.1 Å². The van der Waals surface area contributed by atoms with Crippen molar-refractivity contribution in [1.29, 1.82) is 0 Å². The van der Waals surface area contributed by atoms with Crippen LogP contribution in [0.2, 0.25) is 0 Å². The van der Waals surface area contributed by atoms with Crippen LogP contribution in [0.15, 0.2) is 29.2 Å². The molecular formula is C14H19NO3S. The molecule has 1 aliphatic carbocycles. The van der Waals surface area contributed by atoms with E-state index < -0.39 is 11.5 Å². The summed E-state index contributed by atoms with van der Waals surface area (Å²) in [5, 5.41) is 9.45. The number of nitrogens with two attached hydrogens (primary N) is 1. The number of carboxylic acids is 1. The van der Waals surface area contributed by atoms with Gasteiger partial charge in [0.2, 0.25) is 0 Å². The molecule has 104 valence electrons. The van der Waals surface area contributed by atoms with Crippen LogP contribution < -0.4 is 10.5 Å². The number of benzene rings is 1.